The van der Waals surface area contributed by atoms with Crippen molar-refractivity contribution in [3.63, 3.8) is 0 Å². The lowest BCUT2D eigenvalue weighted by Gasteiger charge is -2.38. The molecule has 0 saturated carbocycles. The molecule has 152 valence electrons. The third-order valence-electron chi connectivity index (χ3n) is 5.50. The van der Waals surface area contributed by atoms with Gasteiger partial charge in [-0.05, 0) is 45.3 Å². The van der Waals surface area contributed by atoms with Crippen molar-refractivity contribution in [1.29, 1.82) is 0 Å². The van der Waals surface area contributed by atoms with Gasteiger partial charge >= 0.3 is 12.1 Å². The zero-order valence-electron chi connectivity index (χ0n) is 18.2. The molecule has 0 bridgehead atoms. The molecule has 1 saturated heterocycles. The fourth-order valence-electron chi connectivity index (χ4n) is 3.03. The fraction of sp³-hybridized carbons (Fsp3) is 0.895. The molecule has 0 aromatic heterocycles. The zero-order valence-corrected chi connectivity index (χ0v) is 19.2. The van der Waals surface area contributed by atoms with Crippen molar-refractivity contribution in [2.75, 3.05) is 13.7 Å². The van der Waals surface area contributed by atoms with Crippen LogP contribution in [0.25, 0.3) is 0 Å². The molecule has 26 heavy (non-hydrogen) atoms. The molecule has 7 heteroatoms. The minimum Gasteiger partial charge on any atom is -0.467 e. The Labute approximate surface area is 159 Å². The Morgan fingerprint density at radius 1 is 1.15 bits per heavy atom. The Morgan fingerprint density at radius 3 is 2.08 bits per heavy atom. The van der Waals surface area contributed by atoms with Gasteiger partial charge < -0.3 is 13.9 Å². The van der Waals surface area contributed by atoms with Crippen molar-refractivity contribution in [3.8, 4) is 0 Å². The first-order valence-electron chi connectivity index (χ1n) is 9.36. The third kappa shape index (κ3) is 4.79. The maximum Gasteiger partial charge on any atom is 0.411 e. The van der Waals surface area contributed by atoms with Gasteiger partial charge in [0, 0.05) is 6.42 Å². The highest BCUT2D eigenvalue weighted by molar-refractivity contribution is 6.74. The second-order valence-electron chi connectivity index (χ2n) is 9.67. The van der Waals surface area contributed by atoms with E-state index in [1.807, 2.05) is 27.7 Å². The minimum absolute atomic E-state index is 0.0481. The summed E-state index contributed by atoms with van der Waals surface area (Å²) in [5.74, 6) is -0.410. The van der Waals surface area contributed by atoms with Crippen molar-refractivity contribution in [2.45, 2.75) is 96.7 Å². The highest BCUT2D eigenvalue weighted by Crippen LogP contribution is 2.42. The van der Waals surface area contributed by atoms with Crippen molar-refractivity contribution >= 4 is 20.4 Å². The van der Waals surface area contributed by atoms with Gasteiger partial charge in [0.1, 0.15) is 11.1 Å². The third-order valence-corrected chi connectivity index (χ3v) is 10.0. The molecular weight excluding hydrogens is 350 g/mol. The lowest BCUT2D eigenvalue weighted by atomic mass is 9.92. The first-order valence-corrected chi connectivity index (χ1v) is 12.3. The van der Waals surface area contributed by atoms with Crippen LogP contribution in [0.3, 0.4) is 0 Å². The molecule has 1 rings (SSSR count). The number of carbonyl (C=O) groups excluding carboxylic acids is 2. The maximum absolute atomic E-state index is 12.8. The quantitative estimate of drug-likeness (QED) is 0.530. The summed E-state index contributed by atoms with van der Waals surface area (Å²) in [6.07, 6.45) is 0.187. The van der Waals surface area contributed by atoms with E-state index in [0.717, 1.165) is 0 Å². The van der Waals surface area contributed by atoms with Crippen molar-refractivity contribution in [1.82, 2.24) is 4.90 Å². The SMILES string of the molecule is CC[C@]1(C(=O)OC)C[C@@H](O[Si](C)(C)C(C)(C)C)CN1C(=O)OC(C)(C)C. The van der Waals surface area contributed by atoms with Crippen molar-refractivity contribution < 1.29 is 23.5 Å². The predicted molar refractivity (Wildman–Crippen MR) is 105 cm³/mol. The average molecular weight is 388 g/mol. The number of nitrogens with zero attached hydrogens (tertiary/aromatic N) is 1. The van der Waals surface area contributed by atoms with Gasteiger partial charge in [0.05, 0.1) is 19.8 Å². The normalized spacial score (nSPS) is 24.5. The average Bonchev–Trinajstić information content (AvgIpc) is 2.82. The smallest absolute Gasteiger partial charge is 0.411 e. The van der Waals surface area contributed by atoms with Crippen LogP contribution in [0.2, 0.25) is 18.1 Å². The Morgan fingerprint density at radius 2 is 1.69 bits per heavy atom. The van der Waals surface area contributed by atoms with Crippen molar-refractivity contribution in [3.05, 3.63) is 0 Å². The van der Waals surface area contributed by atoms with Gasteiger partial charge in [-0.25, -0.2) is 9.59 Å². The van der Waals surface area contributed by atoms with Crippen LogP contribution in [0.5, 0.6) is 0 Å². The second kappa shape index (κ2) is 7.50. The molecule has 1 fully saturated rings. The highest BCUT2D eigenvalue weighted by atomic mass is 28.4. The minimum atomic E-state index is -2.03. The molecule has 2 atom stereocenters. The van der Waals surface area contributed by atoms with Crippen LogP contribution in [0.1, 0.15) is 61.3 Å². The molecule has 0 spiro atoms. The van der Waals surface area contributed by atoms with Crippen molar-refractivity contribution in [2.24, 2.45) is 0 Å². The monoisotopic (exact) mass is 387 g/mol. The van der Waals surface area contributed by atoms with E-state index >= 15 is 0 Å². The number of esters is 1. The Kier molecular flexibility index (Phi) is 6.62. The van der Waals surface area contributed by atoms with E-state index < -0.39 is 31.5 Å². The van der Waals surface area contributed by atoms with Crippen LogP contribution >= 0.6 is 0 Å². The topological polar surface area (TPSA) is 65.1 Å². The summed E-state index contributed by atoms with van der Waals surface area (Å²) in [7, 11) is -0.676. The van der Waals surface area contributed by atoms with Crippen LogP contribution in [0, 0.1) is 0 Å². The van der Waals surface area contributed by atoms with E-state index in [4.69, 9.17) is 13.9 Å². The van der Waals surface area contributed by atoms with Crippen LogP contribution in [0.15, 0.2) is 0 Å². The number of amides is 1. The molecular formula is C19H37NO5Si. The van der Waals surface area contributed by atoms with Gasteiger partial charge in [-0.15, -0.1) is 0 Å². The van der Waals surface area contributed by atoms with Crippen LogP contribution in [-0.2, 0) is 18.7 Å². The Balaban J connectivity index is 3.17. The summed E-state index contributed by atoms with van der Waals surface area (Å²) in [4.78, 5) is 27.0. The van der Waals surface area contributed by atoms with Gasteiger partial charge in [0.2, 0.25) is 0 Å². The fourth-order valence-corrected chi connectivity index (χ4v) is 4.38. The molecule has 0 unspecified atom stereocenters. The lowest BCUT2D eigenvalue weighted by molar-refractivity contribution is -0.153. The number of hydrogen-bond acceptors (Lipinski definition) is 5. The number of rotatable bonds is 4. The number of likely N-dealkylation sites (tertiary alicyclic amines) is 1. The number of hydrogen-bond donors (Lipinski definition) is 0. The first kappa shape index (κ1) is 23.0. The molecule has 1 aliphatic rings. The van der Waals surface area contributed by atoms with Gasteiger partial charge in [-0.3, -0.25) is 4.90 Å². The van der Waals surface area contributed by atoms with Crippen LogP contribution in [-0.4, -0.2) is 56.2 Å². The van der Waals surface area contributed by atoms with Gasteiger partial charge in [0.15, 0.2) is 8.32 Å². The highest BCUT2D eigenvalue weighted by Gasteiger charge is 2.56. The zero-order chi connectivity index (χ0) is 20.6. The van der Waals surface area contributed by atoms with Gasteiger partial charge in [0.25, 0.3) is 0 Å². The summed E-state index contributed by atoms with van der Waals surface area (Å²) >= 11 is 0. The van der Waals surface area contributed by atoms with E-state index in [9.17, 15) is 9.59 Å². The maximum atomic E-state index is 12.8. The Bertz CT molecular complexity index is 535. The predicted octanol–water partition coefficient (Wildman–Crippen LogP) is 4.34. The summed E-state index contributed by atoms with van der Waals surface area (Å²) in [5.41, 5.74) is -1.67. The van der Waals surface area contributed by atoms with Gasteiger partial charge in [-0.1, -0.05) is 27.7 Å². The molecule has 0 N–H and O–H groups in total. The number of carbonyl (C=O) groups is 2. The molecule has 0 aromatic rings. The second-order valence-corrected chi connectivity index (χ2v) is 14.4. The standard InChI is InChI=1S/C19H37NO5Si/c1-11-19(15(21)23-8)12-14(25-26(9,10)18(5,6)7)13-20(19)16(22)24-17(2,3)4/h14H,11-13H2,1-10H3/t14-,19-/m1/s1. The van der Waals surface area contributed by atoms with E-state index in [1.165, 1.54) is 12.0 Å². The van der Waals surface area contributed by atoms with Gasteiger partial charge in [-0.2, -0.15) is 0 Å². The summed E-state index contributed by atoms with van der Waals surface area (Å²) < 4.78 is 17.1. The van der Waals surface area contributed by atoms with E-state index in [-0.39, 0.29) is 11.1 Å². The molecule has 0 radical (unpaired) electrons. The molecule has 1 amide bonds. The molecule has 0 aliphatic carbocycles. The van der Waals surface area contributed by atoms with E-state index in [0.29, 0.717) is 19.4 Å². The molecule has 0 aromatic carbocycles. The van der Waals surface area contributed by atoms with E-state index in [1.54, 1.807) is 0 Å². The first-order chi connectivity index (χ1) is 11.6. The number of methoxy groups -OCH3 is 1. The summed E-state index contributed by atoms with van der Waals surface area (Å²) in [6, 6.07) is 0. The molecule has 1 aliphatic heterocycles. The lowest BCUT2D eigenvalue weighted by Crippen LogP contribution is -2.54. The molecule has 1 heterocycles. The summed E-state index contributed by atoms with van der Waals surface area (Å²) in [6.45, 7) is 18.5. The largest absolute Gasteiger partial charge is 0.467 e. The van der Waals surface area contributed by atoms with Crippen LogP contribution in [0.4, 0.5) is 4.79 Å². The Hall–Kier alpha value is -1.08. The molecule has 6 nitrogen and oxygen atoms in total. The number of ether oxygens (including phenoxy) is 2. The van der Waals surface area contributed by atoms with E-state index in [2.05, 4.69) is 33.9 Å². The summed E-state index contributed by atoms with van der Waals surface area (Å²) in [5, 5.41) is 0.0481. The van der Waals surface area contributed by atoms with Crippen LogP contribution < -0.4 is 0 Å².